The Hall–Kier alpha value is -2.88. The van der Waals surface area contributed by atoms with Crippen molar-refractivity contribution in [3.05, 3.63) is 41.7 Å². The van der Waals surface area contributed by atoms with Crippen LogP contribution in [0.1, 0.15) is 61.0 Å². The number of benzene rings is 1. The number of carbonyl (C=O) groups is 1. The van der Waals surface area contributed by atoms with Crippen molar-refractivity contribution >= 4 is 23.2 Å². The van der Waals surface area contributed by atoms with E-state index in [2.05, 4.69) is 25.5 Å². The number of halogens is 3. The number of amides is 1. The lowest BCUT2D eigenvalue weighted by molar-refractivity contribution is -0.141. The molecule has 1 aromatic carbocycles. The number of ether oxygens (including phenoxy) is 1. The average molecular weight is 516 g/mol. The van der Waals surface area contributed by atoms with E-state index < -0.39 is 23.3 Å². The van der Waals surface area contributed by atoms with Crippen molar-refractivity contribution < 1.29 is 22.7 Å². The fraction of sp³-hybridized carbons (Fsp3) is 0.593. The number of carbonyl (C=O) groups excluding carboxylic acids is 1. The lowest BCUT2D eigenvalue weighted by Crippen LogP contribution is -2.45. The maximum atomic E-state index is 14.0. The number of aromatic nitrogens is 2. The molecule has 4 saturated carbocycles. The lowest BCUT2D eigenvalue weighted by Gasteiger charge is -2.45. The first-order valence-corrected chi connectivity index (χ1v) is 13.2. The molecular formula is C27H32F3N5O2. The van der Waals surface area contributed by atoms with Gasteiger partial charge in [0.05, 0.1) is 18.8 Å². The van der Waals surface area contributed by atoms with Crippen LogP contribution >= 0.6 is 0 Å². The maximum absolute atomic E-state index is 14.0. The summed E-state index contributed by atoms with van der Waals surface area (Å²) in [5.41, 5.74) is -0.682. The third-order valence-electron chi connectivity index (χ3n) is 8.57. The molecule has 1 aliphatic heterocycles. The lowest BCUT2D eigenvalue weighted by atomic mass is 9.65. The third-order valence-corrected chi connectivity index (χ3v) is 8.57. The van der Waals surface area contributed by atoms with E-state index in [9.17, 15) is 18.0 Å². The molecule has 10 heteroatoms. The molecule has 2 unspecified atom stereocenters. The highest BCUT2D eigenvalue weighted by Crippen LogP contribution is 2.53. The van der Waals surface area contributed by atoms with Crippen molar-refractivity contribution in [2.75, 3.05) is 41.8 Å². The van der Waals surface area contributed by atoms with Crippen LogP contribution in [0.4, 0.5) is 30.5 Å². The minimum Gasteiger partial charge on any atom is -0.378 e. The molecule has 1 amide bonds. The van der Waals surface area contributed by atoms with Gasteiger partial charge in [-0.15, -0.1) is 0 Å². The second-order valence-electron chi connectivity index (χ2n) is 11.2. The highest BCUT2D eigenvalue weighted by atomic mass is 19.4. The zero-order chi connectivity index (χ0) is 25.6. The molecular weight excluding hydrogens is 483 g/mol. The molecule has 5 fully saturated rings. The van der Waals surface area contributed by atoms with Crippen molar-refractivity contribution in [2.45, 2.75) is 56.7 Å². The van der Waals surface area contributed by atoms with Crippen molar-refractivity contribution in [1.29, 1.82) is 0 Å². The number of nitrogens with one attached hydrogen (secondary N) is 2. The van der Waals surface area contributed by atoms with Gasteiger partial charge >= 0.3 is 6.18 Å². The van der Waals surface area contributed by atoms with E-state index in [4.69, 9.17) is 4.74 Å². The zero-order valence-corrected chi connectivity index (χ0v) is 20.7. The van der Waals surface area contributed by atoms with Gasteiger partial charge in [-0.1, -0.05) is 0 Å². The molecule has 0 spiro atoms. The van der Waals surface area contributed by atoms with Crippen LogP contribution in [0, 0.1) is 17.8 Å². The molecule has 4 bridgehead atoms. The standard InChI is InChI=1S/C27H32F3N5O2/c28-27(29,30)23-22(24(36)32-20-1-3-21(4-2-20)35-7-9-37-10-8-35)16-31-25(33-23)34-26-6-5-17-11-18(14-26)13-19(12-17)15-26/h1-4,16-19H,5-15H2,(H,32,36)(H,31,33,34). The molecule has 1 aromatic heterocycles. The number of hydrogen-bond donors (Lipinski definition) is 2. The van der Waals surface area contributed by atoms with Gasteiger partial charge in [0.25, 0.3) is 5.91 Å². The van der Waals surface area contributed by atoms with Crippen LogP contribution in [0.25, 0.3) is 0 Å². The summed E-state index contributed by atoms with van der Waals surface area (Å²) in [6, 6.07) is 7.04. The average Bonchev–Trinajstić information content (AvgIpc) is 3.07. The molecule has 2 aromatic rings. The summed E-state index contributed by atoms with van der Waals surface area (Å²) in [5.74, 6) is 1.04. The highest BCUT2D eigenvalue weighted by Gasteiger charge is 2.48. The highest BCUT2D eigenvalue weighted by molar-refractivity contribution is 6.05. The molecule has 2 heterocycles. The maximum Gasteiger partial charge on any atom is 0.434 e. The normalized spacial score (nSPS) is 29.2. The van der Waals surface area contributed by atoms with E-state index in [-0.39, 0.29) is 11.5 Å². The third kappa shape index (κ3) is 5.12. The molecule has 7 rings (SSSR count). The second-order valence-corrected chi connectivity index (χ2v) is 11.2. The van der Waals surface area contributed by atoms with E-state index in [0.717, 1.165) is 56.6 Å². The monoisotopic (exact) mass is 515 g/mol. The molecule has 1 saturated heterocycles. The Morgan fingerprint density at radius 1 is 1.03 bits per heavy atom. The summed E-state index contributed by atoms with van der Waals surface area (Å²) in [7, 11) is 0. The van der Waals surface area contributed by atoms with Crippen molar-refractivity contribution in [2.24, 2.45) is 17.8 Å². The molecule has 0 radical (unpaired) electrons. The van der Waals surface area contributed by atoms with Crippen LogP contribution in [0.3, 0.4) is 0 Å². The van der Waals surface area contributed by atoms with Crippen molar-refractivity contribution in [3.8, 4) is 0 Å². The number of morpholine rings is 1. The topological polar surface area (TPSA) is 79.4 Å². The Morgan fingerprint density at radius 3 is 2.38 bits per heavy atom. The van der Waals surface area contributed by atoms with Gasteiger partial charge in [0.1, 0.15) is 0 Å². The largest absolute Gasteiger partial charge is 0.434 e. The Kier molecular flexibility index (Phi) is 6.25. The number of nitrogens with zero attached hydrogens (tertiary/aromatic N) is 3. The molecule has 2 atom stereocenters. The fourth-order valence-electron chi connectivity index (χ4n) is 7.15. The van der Waals surface area contributed by atoms with E-state index in [1.54, 1.807) is 12.1 Å². The molecule has 7 nitrogen and oxygen atoms in total. The van der Waals surface area contributed by atoms with E-state index in [0.29, 0.717) is 30.7 Å². The van der Waals surface area contributed by atoms with Gasteiger partial charge in [-0.25, -0.2) is 9.97 Å². The first-order valence-electron chi connectivity index (χ1n) is 13.2. The zero-order valence-electron chi connectivity index (χ0n) is 20.7. The van der Waals surface area contributed by atoms with Gasteiger partial charge in [0, 0.05) is 36.2 Å². The van der Waals surface area contributed by atoms with Crippen LogP contribution in [-0.4, -0.2) is 47.7 Å². The predicted molar refractivity (Wildman–Crippen MR) is 134 cm³/mol. The quantitative estimate of drug-likeness (QED) is 0.559. The predicted octanol–water partition coefficient (Wildman–Crippen LogP) is 5.36. The molecule has 2 N–H and O–H groups in total. The van der Waals surface area contributed by atoms with Crippen LogP contribution in [0.2, 0.25) is 0 Å². The number of hydrogen-bond acceptors (Lipinski definition) is 6. The first kappa shape index (κ1) is 24.5. The summed E-state index contributed by atoms with van der Waals surface area (Å²) in [5, 5.41) is 5.89. The van der Waals surface area contributed by atoms with Gasteiger partial charge < -0.3 is 20.3 Å². The van der Waals surface area contributed by atoms with E-state index >= 15 is 0 Å². The molecule has 5 aliphatic rings. The van der Waals surface area contributed by atoms with Gasteiger partial charge in [0.15, 0.2) is 5.69 Å². The minimum absolute atomic E-state index is 0.0431. The fourth-order valence-corrected chi connectivity index (χ4v) is 7.15. The first-order chi connectivity index (χ1) is 17.8. The summed E-state index contributed by atoms with van der Waals surface area (Å²) >= 11 is 0. The Bertz CT molecular complexity index is 1140. The Balaban J connectivity index is 1.20. The minimum atomic E-state index is -4.79. The van der Waals surface area contributed by atoms with Gasteiger partial charge in [-0.05, 0) is 87.0 Å². The van der Waals surface area contributed by atoms with Crippen LogP contribution in [0.15, 0.2) is 30.5 Å². The smallest absolute Gasteiger partial charge is 0.378 e. The summed E-state index contributed by atoms with van der Waals surface area (Å²) in [6.07, 6.45) is 3.81. The molecule has 198 valence electrons. The summed E-state index contributed by atoms with van der Waals surface area (Å²) in [6.45, 7) is 2.82. The molecule has 4 aliphatic carbocycles. The second kappa shape index (κ2) is 9.45. The Labute approximate surface area is 214 Å². The van der Waals surface area contributed by atoms with Crippen molar-refractivity contribution in [3.63, 3.8) is 0 Å². The van der Waals surface area contributed by atoms with Gasteiger partial charge in [-0.3, -0.25) is 4.79 Å². The van der Waals surface area contributed by atoms with Gasteiger partial charge in [-0.2, -0.15) is 13.2 Å². The number of alkyl halides is 3. The van der Waals surface area contributed by atoms with Crippen molar-refractivity contribution in [1.82, 2.24) is 9.97 Å². The summed E-state index contributed by atoms with van der Waals surface area (Å²) in [4.78, 5) is 23.1. The van der Waals surface area contributed by atoms with E-state index in [1.807, 2.05) is 12.1 Å². The number of fused-ring (bicyclic) bond motifs is 1. The Morgan fingerprint density at radius 2 is 1.70 bits per heavy atom. The van der Waals surface area contributed by atoms with Crippen LogP contribution in [-0.2, 0) is 10.9 Å². The van der Waals surface area contributed by atoms with Gasteiger partial charge in [0.2, 0.25) is 5.95 Å². The summed E-state index contributed by atoms with van der Waals surface area (Å²) < 4.78 is 47.5. The van der Waals surface area contributed by atoms with Crippen LogP contribution in [0.5, 0.6) is 0 Å². The molecule has 37 heavy (non-hydrogen) atoms. The number of rotatable bonds is 5. The SMILES string of the molecule is O=C(Nc1ccc(N2CCOCC2)cc1)c1cnc(NC23CCC4CC(CC(C4)C2)C3)nc1C(F)(F)F. The van der Waals surface area contributed by atoms with Crippen LogP contribution < -0.4 is 15.5 Å². The van der Waals surface area contributed by atoms with E-state index in [1.165, 1.54) is 19.3 Å². The number of anilines is 3.